The average Bonchev–Trinajstić information content (AvgIpc) is 2.26. The van der Waals surface area contributed by atoms with Crippen molar-refractivity contribution in [3.63, 3.8) is 0 Å². The van der Waals surface area contributed by atoms with Crippen molar-refractivity contribution < 1.29 is 8.78 Å². The van der Waals surface area contributed by atoms with Crippen LogP contribution in [0.4, 0.5) is 8.78 Å². The molecule has 0 aliphatic heterocycles. The molecular formula is C9H17F2N. The van der Waals surface area contributed by atoms with E-state index in [9.17, 15) is 8.78 Å². The molecule has 0 bridgehead atoms. The Balaban J connectivity index is 2.20. The van der Waals surface area contributed by atoms with Gasteiger partial charge in [-0.05, 0) is 24.7 Å². The van der Waals surface area contributed by atoms with Gasteiger partial charge in [0, 0.05) is 6.04 Å². The fraction of sp³-hybridized carbons (Fsp3) is 1.00. The van der Waals surface area contributed by atoms with Gasteiger partial charge < -0.3 is 5.32 Å². The van der Waals surface area contributed by atoms with Crippen molar-refractivity contribution in [3.8, 4) is 0 Å². The highest BCUT2D eigenvalue weighted by atomic mass is 19.3. The van der Waals surface area contributed by atoms with E-state index in [2.05, 4.69) is 19.2 Å². The molecule has 72 valence electrons. The van der Waals surface area contributed by atoms with Gasteiger partial charge in [-0.2, -0.15) is 0 Å². The van der Waals surface area contributed by atoms with Gasteiger partial charge in [-0.1, -0.05) is 13.8 Å². The van der Waals surface area contributed by atoms with Crippen LogP contribution in [0, 0.1) is 5.41 Å². The molecule has 0 heterocycles. The second-order valence-electron chi connectivity index (χ2n) is 4.40. The van der Waals surface area contributed by atoms with Gasteiger partial charge in [-0.25, -0.2) is 8.78 Å². The average molecular weight is 177 g/mol. The van der Waals surface area contributed by atoms with E-state index in [1.165, 1.54) is 0 Å². The van der Waals surface area contributed by atoms with Crippen LogP contribution in [0.2, 0.25) is 0 Å². The lowest BCUT2D eigenvalue weighted by Gasteiger charge is -2.17. The topological polar surface area (TPSA) is 12.0 Å². The summed E-state index contributed by atoms with van der Waals surface area (Å²) in [4.78, 5) is 0. The van der Waals surface area contributed by atoms with Crippen molar-refractivity contribution in [1.82, 2.24) is 5.32 Å². The maximum atomic E-state index is 11.8. The molecule has 0 aromatic carbocycles. The molecule has 1 N–H and O–H groups in total. The summed E-state index contributed by atoms with van der Waals surface area (Å²) in [6.45, 7) is 4.23. The molecule has 3 heteroatoms. The molecule has 1 unspecified atom stereocenters. The van der Waals surface area contributed by atoms with Crippen molar-refractivity contribution in [2.45, 2.75) is 45.6 Å². The highest BCUT2D eigenvalue weighted by molar-refractivity contribution is 4.86. The molecule has 1 atom stereocenters. The zero-order valence-corrected chi connectivity index (χ0v) is 7.74. The molecule has 1 rings (SSSR count). The van der Waals surface area contributed by atoms with Crippen LogP contribution in [-0.4, -0.2) is 19.0 Å². The third-order valence-electron chi connectivity index (χ3n) is 2.53. The van der Waals surface area contributed by atoms with Crippen molar-refractivity contribution >= 4 is 0 Å². The molecule has 1 aliphatic rings. The highest BCUT2D eigenvalue weighted by Crippen LogP contribution is 2.36. The van der Waals surface area contributed by atoms with Gasteiger partial charge >= 0.3 is 0 Å². The molecular weight excluding hydrogens is 160 g/mol. The summed E-state index contributed by atoms with van der Waals surface area (Å²) >= 11 is 0. The van der Waals surface area contributed by atoms with E-state index >= 15 is 0 Å². The third kappa shape index (κ3) is 3.05. The van der Waals surface area contributed by atoms with Gasteiger partial charge in [0.15, 0.2) is 0 Å². The Kier molecular flexibility index (Phi) is 3.04. The van der Waals surface area contributed by atoms with E-state index < -0.39 is 6.43 Å². The van der Waals surface area contributed by atoms with Gasteiger partial charge in [-0.3, -0.25) is 0 Å². The van der Waals surface area contributed by atoms with Gasteiger partial charge in [0.05, 0.1) is 6.54 Å². The Hall–Kier alpha value is -0.180. The molecule has 0 aromatic heterocycles. The predicted molar refractivity (Wildman–Crippen MR) is 45.4 cm³/mol. The number of halogens is 2. The first-order chi connectivity index (χ1) is 5.49. The van der Waals surface area contributed by atoms with Crippen LogP contribution >= 0.6 is 0 Å². The quantitative estimate of drug-likeness (QED) is 0.698. The fourth-order valence-corrected chi connectivity index (χ4v) is 1.87. The van der Waals surface area contributed by atoms with E-state index in [1.807, 2.05) is 0 Å². The summed E-state index contributed by atoms with van der Waals surface area (Å²) < 4.78 is 23.6. The normalized spacial score (nSPS) is 28.2. The maximum Gasteiger partial charge on any atom is 0.250 e. The molecule has 1 saturated carbocycles. The summed E-state index contributed by atoms with van der Waals surface area (Å²) in [6.07, 6.45) is 1.00. The van der Waals surface area contributed by atoms with Crippen LogP contribution in [0.25, 0.3) is 0 Å². The van der Waals surface area contributed by atoms with Crippen LogP contribution in [0.15, 0.2) is 0 Å². The number of rotatable bonds is 3. The van der Waals surface area contributed by atoms with Crippen LogP contribution in [0.3, 0.4) is 0 Å². The SMILES string of the molecule is CC1(C)CCC(NCC(F)F)C1. The van der Waals surface area contributed by atoms with Crippen LogP contribution < -0.4 is 5.32 Å². The first kappa shape index (κ1) is 9.90. The van der Waals surface area contributed by atoms with Crippen molar-refractivity contribution in [2.24, 2.45) is 5.41 Å². The molecule has 1 aliphatic carbocycles. The summed E-state index contributed by atoms with van der Waals surface area (Å²) in [5, 5.41) is 2.89. The lowest BCUT2D eigenvalue weighted by molar-refractivity contribution is 0.140. The van der Waals surface area contributed by atoms with Gasteiger partial charge in [-0.15, -0.1) is 0 Å². The van der Waals surface area contributed by atoms with E-state index in [-0.39, 0.29) is 6.54 Å². The van der Waals surface area contributed by atoms with Gasteiger partial charge in [0.25, 0.3) is 6.43 Å². The van der Waals surface area contributed by atoms with Gasteiger partial charge in [0.1, 0.15) is 0 Å². The largest absolute Gasteiger partial charge is 0.309 e. The molecule has 0 amide bonds. The lowest BCUT2D eigenvalue weighted by atomic mass is 9.92. The summed E-state index contributed by atoms with van der Waals surface area (Å²) in [6, 6.07) is 0.314. The predicted octanol–water partition coefficient (Wildman–Crippen LogP) is 2.42. The minimum atomic E-state index is -2.21. The van der Waals surface area contributed by atoms with Crippen LogP contribution in [0.1, 0.15) is 33.1 Å². The highest BCUT2D eigenvalue weighted by Gasteiger charge is 2.30. The van der Waals surface area contributed by atoms with E-state index in [4.69, 9.17) is 0 Å². The molecule has 0 aromatic rings. The Bertz CT molecular complexity index is 145. The fourth-order valence-electron chi connectivity index (χ4n) is 1.87. The second-order valence-corrected chi connectivity index (χ2v) is 4.40. The lowest BCUT2D eigenvalue weighted by Crippen LogP contribution is -2.31. The van der Waals surface area contributed by atoms with E-state index in [0.29, 0.717) is 11.5 Å². The zero-order chi connectivity index (χ0) is 9.19. The molecule has 12 heavy (non-hydrogen) atoms. The molecule has 0 saturated heterocycles. The molecule has 1 nitrogen and oxygen atoms in total. The number of hydrogen-bond acceptors (Lipinski definition) is 1. The zero-order valence-electron chi connectivity index (χ0n) is 7.74. The van der Waals surface area contributed by atoms with E-state index in [1.54, 1.807) is 0 Å². The Labute approximate surface area is 72.5 Å². The molecule has 0 radical (unpaired) electrons. The van der Waals surface area contributed by atoms with Crippen molar-refractivity contribution in [1.29, 1.82) is 0 Å². The minimum absolute atomic E-state index is 0.152. The standard InChI is InChI=1S/C9H17F2N/c1-9(2)4-3-7(5-9)12-6-8(10)11/h7-8,12H,3-6H2,1-2H3. The molecule has 1 fully saturated rings. The van der Waals surface area contributed by atoms with E-state index in [0.717, 1.165) is 19.3 Å². The first-order valence-corrected chi connectivity index (χ1v) is 4.51. The molecule has 0 spiro atoms. The van der Waals surface area contributed by atoms with Crippen LogP contribution in [-0.2, 0) is 0 Å². The third-order valence-corrected chi connectivity index (χ3v) is 2.53. The number of nitrogens with one attached hydrogen (secondary N) is 1. The second kappa shape index (κ2) is 3.69. The number of hydrogen-bond donors (Lipinski definition) is 1. The monoisotopic (exact) mass is 177 g/mol. The first-order valence-electron chi connectivity index (χ1n) is 4.51. The van der Waals surface area contributed by atoms with Crippen molar-refractivity contribution in [3.05, 3.63) is 0 Å². The Morgan fingerprint density at radius 1 is 1.50 bits per heavy atom. The van der Waals surface area contributed by atoms with Gasteiger partial charge in [0.2, 0.25) is 0 Å². The smallest absolute Gasteiger partial charge is 0.250 e. The van der Waals surface area contributed by atoms with Crippen molar-refractivity contribution in [2.75, 3.05) is 6.54 Å². The Morgan fingerprint density at radius 2 is 2.17 bits per heavy atom. The summed E-state index contributed by atoms with van der Waals surface area (Å²) in [5.74, 6) is 0. The number of alkyl halides is 2. The minimum Gasteiger partial charge on any atom is -0.309 e. The Morgan fingerprint density at radius 3 is 2.58 bits per heavy atom. The summed E-state index contributed by atoms with van der Waals surface area (Å²) in [5.41, 5.74) is 0.347. The van der Waals surface area contributed by atoms with Crippen LogP contribution in [0.5, 0.6) is 0 Å². The maximum absolute atomic E-state index is 11.8. The summed E-state index contributed by atoms with van der Waals surface area (Å²) in [7, 11) is 0.